The summed E-state index contributed by atoms with van der Waals surface area (Å²) in [5.74, 6) is 0.821. The van der Waals surface area contributed by atoms with Crippen molar-refractivity contribution < 1.29 is 4.79 Å². The predicted molar refractivity (Wildman–Crippen MR) is 132 cm³/mol. The summed E-state index contributed by atoms with van der Waals surface area (Å²) in [6.45, 7) is 6.71. The van der Waals surface area contributed by atoms with E-state index in [-0.39, 0.29) is 5.91 Å². The standard InChI is InChI=1S/C26H37N5O/c1-3-4-16-28-25(32)23-12-10-21(11-13-23)19-29-26(27-2)30-24-14-17-31(18-15-24)20-22-8-6-5-7-9-22/h5-13,24H,3-4,14-20H2,1-2H3,(H,28,32)(H2,27,29,30). The minimum absolute atomic E-state index is 0.00552. The molecule has 3 rings (SSSR count). The fraction of sp³-hybridized carbons (Fsp3) is 0.462. The zero-order chi connectivity index (χ0) is 22.6. The number of rotatable bonds is 9. The largest absolute Gasteiger partial charge is 0.354 e. The molecule has 1 aliphatic heterocycles. The van der Waals surface area contributed by atoms with Crippen molar-refractivity contribution in [3.8, 4) is 0 Å². The Morgan fingerprint density at radius 3 is 2.38 bits per heavy atom. The van der Waals surface area contributed by atoms with Crippen LogP contribution in [0, 0.1) is 0 Å². The molecule has 0 spiro atoms. The van der Waals surface area contributed by atoms with Gasteiger partial charge in [-0.25, -0.2) is 0 Å². The van der Waals surface area contributed by atoms with Crippen LogP contribution in [0.25, 0.3) is 0 Å². The summed E-state index contributed by atoms with van der Waals surface area (Å²) in [4.78, 5) is 19.0. The monoisotopic (exact) mass is 435 g/mol. The number of amides is 1. The minimum Gasteiger partial charge on any atom is -0.354 e. The molecule has 1 saturated heterocycles. The molecule has 0 bridgehead atoms. The van der Waals surface area contributed by atoms with Gasteiger partial charge in [0, 0.05) is 51.4 Å². The molecule has 0 aliphatic carbocycles. The molecule has 1 heterocycles. The summed E-state index contributed by atoms with van der Waals surface area (Å²) < 4.78 is 0. The third-order valence-corrected chi connectivity index (χ3v) is 5.89. The highest BCUT2D eigenvalue weighted by molar-refractivity contribution is 5.94. The smallest absolute Gasteiger partial charge is 0.251 e. The van der Waals surface area contributed by atoms with Crippen molar-refractivity contribution in [2.75, 3.05) is 26.7 Å². The number of nitrogens with one attached hydrogen (secondary N) is 3. The average molecular weight is 436 g/mol. The molecule has 6 heteroatoms. The number of carbonyl (C=O) groups is 1. The summed E-state index contributed by atoms with van der Waals surface area (Å²) in [6, 6.07) is 18.9. The van der Waals surface area contributed by atoms with E-state index in [0.717, 1.165) is 63.4 Å². The Labute approximate surface area is 192 Å². The van der Waals surface area contributed by atoms with Crippen molar-refractivity contribution in [2.24, 2.45) is 4.99 Å². The number of aliphatic imine (C=N–C) groups is 1. The SMILES string of the molecule is CCCCNC(=O)c1ccc(CNC(=NC)NC2CCN(Cc3ccccc3)CC2)cc1. The Hall–Kier alpha value is -2.86. The Kier molecular flexibility index (Phi) is 9.57. The molecular formula is C26H37N5O. The molecule has 2 aromatic carbocycles. The summed E-state index contributed by atoms with van der Waals surface area (Å²) in [6.07, 6.45) is 4.30. The lowest BCUT2D eigenvalue weighted by Gasteiger charge is -2.33. The van der Waals surface area contributed by atoms with E-state index in [2.05, 4.69) is 63.1 Å². The average Bonchev–Trinajstić information content (AvgIpc) is 2.84. The first-order chi connectivity index (χ1) is 15.7. The maximum Gasteiger partial charge on any atom is 0.251 e. The van der Waals surface area contributed by atoms with Crippen LogP contribution in [0.5, 0.6) is 0 Å². The first kappa shape index (κ1) is 23.8. The molecule has 1 aliphatic rings. The lowest BCUT2D eigenvalue weighted by Crippen LogP contribution is -2.48. The van der Waals surface area contributed by atoms with Gasteiger partial charge in [0.15, 0.2) is 5.96 Å². The molecule has 0 saturated carbocycles. The van der Waals surface area contributed by atoms with Crippen LogP contribution in [0.15, 0.2) is 59.6 Å². The Morgan fingerprint density at radius 1 is 1.00 bits per heavy atom. The Balaban J connectivity index is 1.39. The van der Waals surface area contributed by atoms with Gasteiger partial charge in [-0.1, -0.05) is 55.8 Å². The minimum atomic E-state index is -0.00552. The zero-order valence-corrected chi connectivity index (χ0v) is 19.4. The maximum absolute atomic E-state index is 12.1. The number of nitrogens with zero attached hydrogens (tertiary/aromatic N) is 2. The first-order valence-electron chi connectivity index (χ1n) is 11.8. The van der Waals surface area contributed by atoms with Crippen molar-refractivity contribution in [1.82, 2.24) is 20.9 Å². The van der Waals surface area contributed by atoms with E-state index < -0.39 is 0 Å². The zero-order valence-electron chi connectivity index (χ0n) is 19.4. The van der Waals surface area contributed by atoms with E-state index in [1.807, 2.05) is 31.3 Å². The lowest BCUT2D eigenvalue weighted by molar-refractivity contribution is 0.0953. The highest BCUT2D eigenvalue weighted by atomic mass is 16.1. The second kappa shape index (κ2) is 12.9. The summed E-state index contributed by atoms with van der Waals surface area (Å²) >= 11 is 0. The number of unbranched alkanes of at least 4 members (excludes halogenated alkanes) is 1. The van der Waals surface area contributed by atoms with E-state index in [0.29, 0.717) is 18.2 Å². The number of likely N-dealkylation sites (tertiary alicyclic amines) is 1. The van der Waals surface area contributed by atoms with Gasteiger partial charge in [-0.2, -0.15) is 0 Å². The van der Waals surface area contributed by atoms with Gasteiger partial charge in [-0.3, -0.25) is 14.7 Å². The quantitative estimate of drug-likeness (QED) is 0.320. The van der Waals surface area contributed by atoms with Crippen molar-refractivity contribution in [1.29, 1.82) is 0 Å². The van der Waals surface area contributed by atoms with Crippen LogP contribution in [-0.4, -0.2) is 49.5 Å². The van der Waals surface area contributed by atoms with Gasteiger partial charge in [0.05, 0.1) is 0 Å². The normalized spacial score (nSPS) is 15.4. The second-order valence-corrected chi connectivity index (χ2v) is 8.41. The summed E-state index contributed by atoms with van der Waals surface area (Å²) in [5.41, 5.74) is 3.20. The highest BCUT2D eigenvalue weighted by Crippen LogP contribution is 2.14. The Bertz CT molecular complexity index is 842. The highest BCUT2D eigenvalue weighted by Gasteiger charge is 2.20. The van der Waals surface area contributed by atoms with Gasteiger partial charge in [0.25, 0.3) is 5.91 Å². The fourth-order valence-electron chi connectivity index (χ4n) is 3.91. The number of guanidine groups is 1. The third-order valence-electron chi connectivity index (χ3n) is 5.89. The maximum atomic E-state index is 12.1. The number of piperidine rings is 1. The molecule has 6 nitrogen and oxygen atoms in total. The van der Waals surface area contributed by atoms with Crippen LogP contribution in [-0.2, 0) is 13.1 Å². The molecule has 1 amide bonds. The van der Waals surface area contributed by atoms with Gasteiger partial charge in [0.2, 0.25) is 0 Å². The van der Waals surface area contributed by atoms with E-state index in [9.17, 15) is 4.79 Å². The second-order valence-electron chi connectivity index (χ2n) is 8.41. The molecule has 0 atom stereocenters. The predicted octanol–water partition coefficient (Wildman–Crippen LogP) is 3.55. The molecule has 1 fully saturated rings. The number of hydrogen-bond donors (Lipinski definition) is 3. The van der Waals surface area contributed by atoms with Crippen LogP contribution in [0.3, 0.4) is 0 Å². The van der Waals surface area contributed by atoms with Crippen LogP contribution in [0.4, 0.5) is 0 Å². The molecule has 0 aromatic heterocycles. The van der Waals surface area contributed by atoms with Crippen LogP contribution in [0.2, 0.25) is 0 Å². The van der Waals surface area contributed by atoms with Gasteiger partial charge < -0.3 is 16.0 Å². The van der Waals surface area contributed by atoms with Crippen molar-refractivity contribution in [3.63, 3.8) is 0 Å². The number of hydrogen-bond acceptors (Lipinski definition) is 3. The van der Waals surface area contributed by atoms with Crippen molar-refractivity contribution >= 4 is 11.9 Å². The van der Waals surface area contributed by atoms with E-state index in [1.54, 1.807) is 0 Å². The third kappa shape index (κ3) is 7.68. The van der Waals surface area contributed by atoms with Crippen molar-refractivity contribution in [2.45, 2.75) is 51.7 Å². The number of carbonyl (C=O) groups excluding carboxylic acids is 1. The van der Waals surface area contributed by atoms with Crippen LogP contribution >= 0.6 is 0 Å². The van der Waals surface area contributed by atoms with Gasteiger partial charge in [-0.15, -0.1) is 0 Å². The summed E-state index contributed by atoms with van der Waals surface area (Å²) in [5, 5.41) is 9.92. The van der Waals surface area contributed by atoms with Crippen LogP contribution < -0.4 is 16.0 Å². The summed E-state index contributed by atoms with van der Waals surface area (Å²) in [7, 11) is 1.81. The van der Waals surface area contributed by atoms with E-state index in [1.165, 1.54) is 5.56 Å². The molecule has 2 aromatic rings. The van der Waals surface area contributed by atoms with Gasteiger partial charge in [0.1, 0.15) is 0 Å². The number of benzene rings is 2. The molecule has 32 heavy (non-hydrogen) atoms. The van der Waals surface area contributed by atoms with Crippen LogP contribution in [0.1, 0.15) is 54.1 Å². The van der Waals surface area contributed by atoms with Gasteiger partial charge in [-0.05, 0) is 42.5 Å². The fourth-order valence-corrected chi connectivity index (χ4v) is 3.91. The molecule has 172 valence electrons. The molecule has 0 radical (unpaired) electrons. The molecule has 3 N–H and O–H groups in total. The molecule has 0 unspecified atom stereocenters. The Morgan fingerprint density at radius 2 is 1.72 bits per heavy atom. The lowest BCUT2D eigenvalue weighted by atomic mass is 10.0. The van der Waals surface area contributed by atoms with Gasteiger partial charge >= 0.3 is 0 Å². The van der Waals surface area contributed by atoms with Crippen molar-refractivity contribution in [3.05, 3.63) is 71.3 Å². The molecular weight excluding hydrogens is 398 g/mol. The first-order valence-corrected chi connectivity index (χ1v) is 11.8. The topological polar surface area (TPSA) is 68.8 Å². The van der Waals surface area contributed by atoms with E-state index >= 15 is 0 Å². The van der Waals surface area contributed by atoms with E-state index in [4.69, 9.17) is 0 Å².